The van der Waals surface area contributed by atoms with Gasteiger partial charge in [-0.15, -0.1) is 6.58 Å². The van der Waals surface area contributed by atoms with Gasteiger partial charge in [-0.2, -0.15) is 0 Å². The number of hydrogen-bond donors (Lipinski definition) is 2. The zero-order chi connectivity index (χ0) is 21.4. The Labute approximate surface area is 169 Å². The minimum absolute atomic E-state index is 0.120. The molecule has 0 aliphatic carbocycles. The number of carbonyl (C=O) groups excluding carboxylic acids is 1. The number of benzene rings is 1. The fourth-order valence-electron chi connectivity index (χ4n) is 3.30. The van der Waals surface area contributed by atoms with Crippen molar-refractivity contribution in [1.82, 2.24) is 5.32 Å². The lowest BCUT2D eigenvalue weighted by Gasteiger charge is -2.30. The molecular formula is C22H27NO6. The summed E-state index contributed by atoms with van der Waals surface area (Å²) in [7, 11) is 0. The van der Waals surface area contributed by atoms with Gasteiger partial charge >= 0.3 is 11.7 Å². The number of ether oxygens (including phenoxy) is 2. The zero-order valence-corrected chi connectivity index (χ0v) is 17.2. The van der Waals surface area contributed by atoms with Gasteiger partial charge in [0.2, 0.25) is 0 Å². The summed E-state index contributed by atoms with van der Waals surface area (Å²) >= 11 is 0. The predicted molar refractivity (Wildman–Crippen MR) is 109 cm³/mol. The normalized spacial score (nSPS) is 16.2. The summed E-state index contributed by atoms with van der Waals surface area (Å²) < 4.78 is 17.0. The van der Waals surface area contributed by atoms with Crippen LogP contribution in [0.15, 0.2) is 40.1 Å². The van der Waals surface area contributed by atoms with Crippen LogP contribution >= 0.6 is 0 Å². The van der Waals surface area contributed by atoms with Gasteiger partial charge in [0, 0.05) is 35.4 Å². The summed E-state index contributed by atoms with van der Waals surface area (Å²) in [4.78, 5) is 24.3. The second-order valence-corrected chi connectivity index (χ2v) is 8.33. The van der Waals surface area contributed by atoms with Gasteiger partial charge in [-0.1, -0.05) is 19.9 Å². The highest BCUT2D eigenvalue weighted by Crippen LogP contribution is 2.38. The van der Waals surface area contributed by atoms with Crippen molar-refractivity contribution in [2.75, 3.05) is 13.2 Å². The van der Waals surface area contributed by atoms with E-state index in [-0.39, 0.29) is 13.2 Å². The van der Waals surface area contributed by atoms with Gasteiger partial charge in [0.1, 0.15) is 23.0 Å². The van der Waals surface area contributed by atoms with E-state index in [0.29, 0.717) is 23.3 Å². The fourth-order valence-corrected chi connectivity index (χ4v) is 3.30. The third-order valence-electron chi connectivity index (χ3n) is 5.31. The molecule has 7 heteroatoms. The number of allylic oxidation sites excluding steroid dienone is 1. The number of carbonyl (C=O) groups is 1. The summed E-state index contributed by atoms with van der Waals surface area (Å²) in [5.74, 6) is 0.605. The minimum atomic E-state index is -0.901. The lowest BCUT2D eigenvalue weighted by atomic mass is 9.85. The maximum absolute atomic E-state index is 12.4. The number of aliphatic hydroxyl groups is 1. The topological polar surface area (TPSA) is 98.0 Å². The molecule has 1 aromatic heterocycles. The molecule has 29 heavy (non-hydrogen) atoms. The standard InChI is InChI=1S/C22H27NO6/c1-6-21(2,3)15-10-13-9-14-11-18(22(4,5)29-20(26)23-7-8-24)27-16(14)12-17(13)28-19(15)25/h6,9-10,12,18,24H,1,7-8,11H2,2-5H3,(H,23,26)/t18-/m1/s1. The van der Waals surface area contributed by atoms with E-state index in [4.69, 9.17) is 19.0 Å². The average molecular weight is 401 g/mol. The van der Waals surface area contributed by atoms with Gasteiger partial charge in [-0.05, 0) is 31.5 Å². The quantitative estimate of drug-likeness (QED) is 0.570. The van der Waals surface area contributed by atoms with Crippen LogP contribution in [0.25, 0.3) is 11.0 Å². The number of nitrogens with one attached hydrogen (secondary N) is 1. The maximum Gasteiger partial charge on any atom is 0.407 e. The molecular weight excluding hydrogens is 374 g/mol. The van der Waals surface area contributed by atoms with Crippen molar-refractivity contribution in [3.05, 3.63) is 52.4 Å². The first-order valence-corrected chi connectivity index (χ1v) is 9.56. The monoisotopic (exact) mass is 401 g/mol. The zero-order valence-electron chi connectivity index (χ0n) is 17.2. The fraction of sp³-hybridized carbons (Fsp3) is 0.455. The maximum atomic E-state index is 12.4. The Bertz CT molecular complexity index is 1000. The molecule has 3 rings (SSSR count). The molecule has 2 aromatic rings. The molecule has 0 unspecified atom stereocenters. The van der Waals surface area contributed by atoms with Crippen molar-refractivity contribution in [2.24, 2.45) is 0 Å². The van der Waals surface area contributed by atoms with Crippen LogP contribution in [-0.2, 0) is 16.6 Å². The number of fused-ring (bicyclic) bond motifs is 2. The Morgan fingerprint density at radius 1 is 1.34 bits per heavy atom. The van der Waals surface area contributed by atoms with E-state index in [2.05, 4.69) is 11.9 Å². The van der Waals surface area contributed by atoms with E-state index in [1.54, 1.807) is 26.0 Å². The van der Waals surface area contributed by atoms with Crippen molar-refractivity contribution >= 4 is 17.1 Å². The average Bonchev–Trinajstić information content (AvgIpc) is 3.07. The number of amides is 1. The van der Waals surface area contributed by atoms with Crippen molar-refractivity contribution in [2.45, 2.75) is 51.2 Å². The molecule has 1 aliphatic rings. The smallest absolute Gasteiger partial charge is 0.407 e. The lowest BCUT2D eigenvalue weighted by molar-refractivity contribution is -0.0370. The van der Waals surface area contributed by atoms with Crippen LogP contribution in [0.4, 0.5) is 4.79 Å². The van der Waals surface area contributed by atoms with Crippen LogP contribution in [-0.4, -0.2) is 36.1 Å². The number of rotatable bonds is 6. The third kappa shape index (κ3) is 4.15. The molecule has 1 atom stereocenters. The highest BCUT2D eigenvalue weighted by molar-refractivity contribution is 5.80. The highest BCUT2D eigenvalue weighted by atomic mass is 16.6. The Morgan fingerprint density at radius 3 is 2.72 bits per heavy atom. The molecule has 0 spiro atoms. The molecule has 0 bridgehead atoms. The summed E-state index contributed by atoms with van der Waals surface area (Å²) in [6.07, 6.45) is 1.26. The number of alkyl carbamates (subject to hydrolysis) is 1. The first-order chi connectivity index (χ1) is 13.6. The molecule has 0 fully saturated rings. The van der Waals surface area contributed by atoms with Gasteiger partial charge in [-0.25, -0.2) is 9.59 Å². The van der Waals surface area contributed by atoms with Crippen LogP contribution in [0.5, 0.6) is 5.75 Å². The molecule has 156 valence electrons. The molecule has 7 nitrogen and oxygen atoms in total. The van der Waals surface area contributed by atoms with Crippen LogP contribution < -0.4 is 15.7 Å². The first kappa shape index (κ1) is 20.9. The summed E-state index contributed by atoms with van der Waals surface area (Å²) in [5, 5.41) is 12.1. The van der Waals surface area contributed by atoms with Crippen LogP contribution in [0, 0.1) is 0 Å². The lowest BCUT2D eigenvalue weighted by Crippen LogP contribution is -2.46. The molecule has 1 aliphatic heterocycles. The van der Waals surface area contributed by atoms with Crippen molar-refractivity contribution in [1.29, 1.82) is 0 Å². The molecule has 2 N–H and O–H groups in total. The largest absolute Gasteiger partial charge is 0.485 e. The highest BCUT2D eigenvalue weighted by Gasteiger charge is 2.40. The van der Waals surface area contributed by atoms with E-state index in [0.717, 1.165) is 10.9 Å². The Kier molecular flexibility index (Phi) is 5.45. The SMILES string of the molecule is C=CC(C)(C)c1cc2cc3c(cc2oc1=O)O[C@@H](C(C)(C)OC(=O)NCCO)C3. The van der Waals surface area contributed by atoms with Crippen LogP contribution in [0.1, 0.15) is 38.8 Å². The van der Waals surface area contributed by atoms with Crippen LogP contribution in [0.3, 0.4) is 0 Å². The molecule has 2 heterocycles. The molecule has 1 amide bonds. The number of aliphatic hydroxyl groups excluding tert-OH is 1. The summed E-state index contributed by atoms with van der Waals surface area (Å²) in [6.45, 7) is 11.1. The summed E-state index contributed by atoms with van der Waals surface area (Å²) in [5.41, 5.74) is 0.121. The Balaban J connectivity index is 1.88. The second kappa shape index (κ2) is 7.55. The van der Waals surface area contributed by atoms with E-state index in [9.17, 15) is 9.59 Å². The molecule has 0 saturated heterocycles. The second-order valence-electron chi connectivity index (χ2n) is 8.33. The van der Waals surface area contributed by atoms with E-state index in [1.807, 2.05) is 26.0 Å². The van der Waals surface area contributed by atoms with Gasteiger partial charge in [-0.3, -0.25) is 0 Å². The van der Waals surface area contributed by atoms with Crippen molar-refractivity contribution in [3.63, 3.8) is 0 Å². The van der Waals surface area contributed by atoms with Crippen molar-refractivity contribution in [3.8, 4) is 5.75 Å². The Hall–Kier alpha value is -2.80. The molecule has 1 aromatic carbocycles. The first-order valence-electron chi connectivity index (χ1n) is 9.56. The van der Waals surface area contributed by atoms with E-state index < -0.39 is 28.8 Å². The molecule has 0 saturated carbocycles. The van der Waals surface area contributed by atoms with Gasteiger partial charge < -0.3 is 24.3 Å². The third-order valence-corrected chi connectivity index (χ3v) is 5.31. The van der Waals surface area contributed by atoms with Gasteiger partial charge in [0.05, 0.1) is 6.61 Å². The number of hydrogen-bond acceptors (Lipinski definition) is 6. The molecule has 0 radical (unpaired) electrons. The van der Waals surface area contributed by atoms with Crippen molar-refractivity contribution < 1.29 is 23.8 Å². The minimum Gasteiger partial charge on any atom is -0.485 e. The van der Waals surface area contributed by atoms with Gasteiger partial charge in [0.15, 0.2) is 0 Å². The Morgan fingerprint density at radius 2 is 2.07 bits per heavy atom. The van der Waals surface area contributed by atoms with Gasteiger partial charge in [0.25, 0.3) is 0 Å². The van der Waals surface area contributed by atoms with E-state index >= 15 is 0 Å². The van der Waals surface area contributed by atoms with E-state index in [1.165, 1.54) is 0 Å². The van der Waals surface area contributed by atoms with Crippen LogP contribution in [0.2, 0.25) is 0 Å². The predicted octanol–water partition coefficient (Wildman–Crippen LogP) is 3.06. The summed E-state index contributed by atoms with van der Waals surface area (Å²) in [6, 6.07) is 5.48.